The van der Waals surface area contributed by atoms with Crippen LogP contribution in [0.2, 0.25) is 0 Å². The molecule has 2 heterocycles. The molecule has 0 aliphatic carbocycles. The zero-order chi connectivity index (χ0) is 27.4. The lowest BCUT2D eigenvalue weighted by atomic mass is 9.65. The lowest BCUT2D eigenvalue weighted by Crippen LogP contribution is -2.36. The van der Waals surface area contributed by atoms with Gasteiger partial charge in [-0.1, -0.05) is 127 Å². The fourth-order valence-electron chi connectivity index (χ4n) is 6.70. The van der Waals surface area contributed by atoms with Gasteiger partial charge in [-0.05, 0) is 53.9 Å². The Labute approximate surface area is 239 Å². The van der Waals surface area contributed by atoms with E-state index in [1.165, 1.54) is 44.1 Å². The van der Waals surface area contributed by atoms with Crippen molar-refractivity contribution in [2.75, 3.05) is 0 Å². The van der Waals surface area contributed by atoms with E-state index in [0.717, 1.165) is 22.6 Å². The van der Waals surface area contributed by atoms with Gasteiger partial charge in [0, 0.05) is 22.0 Å². The van der Waals surface area contributed by atoms with Crippen LogP contribution in [0.3, 0.4) is 0 Å². The van der Waals surface area contributed by atoms with Crippen LogP contribution in [0, 0.1) is 6.92 Å². The summed E-state index contributed by atoms with van der Waals surface area (Å²) in [5.74, 6) is 0. The Morgan fingerprint density at radius 1 is 0.537 bits per heavy atom. The average molecular weight is 525 g/mol. The highest BCUT2D eigenvalue weighted by atomic mass is 15.0. The first-order valence-corrected chi connectivity index (χ1v) is 14.2. The van der Waals surface area contributed by atoms with Crippen LogP contribution >= 0.6 is 0 Å². The van der Waals surface area contributed by atoms with Crippen molar-refractivity contribution in [1.82, 2.24) is 4.57 Å². The quantitative estimate of drug-likeness (QED) is 0.218. The summed E-state index contributed by atoms with van der Waals surface area (Å²) in [6, 6.07) is 54.7. The zero-order valence-corrected chi connectivity index (χ0v) is 22.8. The van der Waals surface area contributed by atoms with Gasteiger partial charge >= 0.3 is 0 Å². The lowest BCUT2D eigenvalue weighted by Gasteiger charge is -2.34. The Morgan fingerprint density at radius 2 is 1.12 bits per heavy atom. The molecule has 1 aliphatic heterocycles. The maximum absolute atomic E-state index is 5.49. The van der Waals surface area contributed by atoms with Gasteiger partial charge in [-0.2, -0.15) is 0 Å². The Kier molecular flexibility index (Phi) is 5.30. The average Bonchev–Trinajstić information content (AvgIpc) is 3.55. The predicted octanol–water partition coefficient (Wildman–Crippen LogP) is 9.56. The molecule has 0 radical (unpaired) electrons. The molecule has 0 amide bonds. The molecular formula is C39H28N2. The summed E-state index contributed by atoms with van der Waals surface area (Å²) >= 11 is 0. The van der Waals surface area contributed by atoms with Gasteiger partial charge < -0.3 is 4.57 Å². The highest BCUT2D eigenvalue weighted by molar-refractivity contribution is 6.19. The molecule has 7 aromatic rings. The number of aromatic nitrogens is 1. The van der Waals surface area contributed by atoms with E-state index >= 15 is 0 Å². The maximum atomic E-state index is 5.49. The van der Waals surface area contributed by atoms with Crippen LogP contribution in [-0.2, 0) is 5.41 Å². The van der Waals surface area contributed by atoms with Crippen LogP contribution in [0.25, 0.3) is 27.5 Å². The normalized spacial score (nSPS) is 13.8. The maximum Gasteiger partial charge on any atom is 0.0901 e. The van der Waals surface area contributed by atoms with Crippen molar-refractivity contribution in [2.45, 2.75) is 12.3 Å². The molecule has 2 nitrogen and oxygen atoms in total. The molecule has 0 unspecified atom stereocenters. The van der Waals surface area contributed by atoms with E-state index < -0.39 is 5.41 Å². The van der Waals surface area contributed by atoms with Crippen molar-refractivity contribution >= 4 is 33.2 Å². The molecule has 0 saturated heterocycles. The second kappa shape index (κ2) is 9.18. The fraction of sp³-hybridized carbons (Fsp3) is 0.0513. The van der Waals surface area contributed by atoms with Crippen LogP contribution in [-0.4, -0.2) is 10.3 Å². The van der Waals surface area contributed by atoms with E-state index in [9.17, 15) is 0 Å². The number of para-hydroxylation sites is 1. The molecule has 0 bridgehead atoms. The van der Waals surface area contributed by atoms with E-state index in [1.54, 1.807) is 0 Å². The minimum atomic E-state index is -0.568. The van der Waals surface area contributed by atoms with Gasteiger partial charge in [0.25, 0.3) is 0 Å². The summed E-state index contributed by atoms with van der Waals surface area (Å²) in [6.45, 7) is 2.14. The van der Waals surface area contributed by atoms with Crippen molar-refractivity contribution in [3.8, 4) is 5.69 Å². The summed E-state index contributed by atoms with van der Waals surface area (Å²) in [6.07, 6.45) is 0. The van der Waals surface area contributed by atoms with Crippen LogP contribution in [0.4, 0.5) is 5.69 Å². The topological polar surface area (TPSA) is 17.3 Å². The molecule has 0 N–H and O–H groups in total. The van der Waals surface area contributed by atoms with Gasteiger partial charge in [-0.3, -0.25) is 4.99 Å². The summed E-state index contributed by atoms with van der Waals surface area (Å²) in [7, 11) is 0. The number of fused-ring (bicyclic) bond motifs is 4. The second-order valence-corrected chi connectivity index (χ2v) is 10.9. The minimum Gasteiger partial charge on any atom is -0.309 e. The molecule has 0 saturated carbocycles. The lowest BCUT2D eigenvalue weighted by molar-refractivity contribution is 0.851. The van der Waals surface area contributed by atoms with Gasteiger partial charge in [0.2, 0.25) is 0 Å². The van der Waals surface area contributed by atoms with Gasteiger partial charge in [-0.15, -0.1) is 0 Å². The van der Waals surface area contributed by atoms with Crippen molar-refractivity contribution in [2.24, 2.45) is 4.99 Å². The predicted molar refractivity (Wildman–Crippen MR) is 171 cm³/mol. The van der Waals surface area contributed by atoms with Crippen molar-refractivity contribution in [3.05, 3.63) is 179 Å². The Hall–Kier alpha value is -5.21. The number of aliphatic imine (C=N–C) groups is 1. The van der Waals surface area contributed by atoms with E-state index in [2.05, 4.69) is 163 Å². The number of rotatable bonds is 4. The van der Waals surface area contributed by atoms with E-state index in [-0.39, 0.29) is 0 Å². The number of hydrogen-bond acceptors (Lipinski definition) is 1. The number of benzene rings is 6. The summed E-state index contributed by atoms with van der Waals surface area (Å²) in [4.78, 5) is 5.49. The molecule has 0 fully saturated rings. The molecule has 1 aliphatic rings. The van der Waals surface area contributed by atoms with Crippen molar-refractivity contribution < 1.29 is 0 Å². The summed E-state index contributed by atoms with van der Waals surface area (Å²) < 4.78 is 2.41. The van der Waals surface area contributed by atoms with Crippen molar-refractivity contribution in [1.29, 1.82) is 0 Å². The monoisotopic (exact) mass is 524 g/mol. The standard InChI is InChI=1S/C39H28N2/c1-27-21-23-31(24-22-27)41-36-20-12-11-19-32(36)33-25-35-34(26-37(33)41)39(29-15-7-3-8-16-29,30-17-9-4-10-18-30)38(40-35)28-13-5-2-6-14-28/h2-26H,1H3. The van der Waals surface area contributed by atoms with Crippen LogP contribution < -0.4 is 0 Å². The van der Waals surface area contributed by atoms with E-state index in [0.29, 0.717) is 0 Å². The van der Waals surface area contributed by atoms with Crippen molar-refractivity contribution in [3.63, 3.8) is 0 Å². The Balaban J connectivity index is 1.53. The zero-order valence-electron chi connectivity index (χ0n) is 22.8. The molecule has 0 atom stereocenters. The van der Waals surface area contributed by atoms with Gasteiger partial charge in [0.05, 0.1) is 27.8 Å². The van der Waals surface area contributed by atoms with Crippen LogP contribution in [0.1, 0.15) is 27.8 Å². The van der Waals surface area contributed by atoms with E-state index in [4.69, 9.17) is 4.99 Å². The molecular weight excluding hydrogens is 496 g/mol. The van der Waals surface area contributed by atoms with Gasteiger partial charge in [0.15, 0.2) is 0 Å². The Bertz CT molecular complexity index is 2030. The fourth-order valence-corrected chi connectivity index (χ4v) is 6.70. The molecule has 6 aromatic carbocycles. The number of hydrogen-bond donors (Lipinski definition) is 0. The van der Waals surface area contributed by atoms with Crippen LogP contribution in [0.5, 0.6) is 0 Å². The number of nitrogens with zero attached hydrogens (tertiary/aromatic N) is 2. The van der Waals surface area contributed by atoms with E-state index in [1.807, 2.05) is 0 Å². The van der Waals surface area contributed by atoms with Crippen LogP contribution in [0.15, 0.2) is 157 Å². The highest BCUT2D eigenvalue weighted by Crippen LogP contribution is 2.52. The highest BCUT2D eigenvalue weighted by Gasteiger charge is 2.47. The minimum absolute atomic E-state index is 0.568. The summed E-state index contributed by atoms with van der Waals surface area (Å²) in [5.41, 5.74) is 11.1. The Morgan fingerprint density at radius 3 is 1.78 bits per heavy atom. The SMILES string of the molecule is Cc1ccc(-n2c3ccccc3c3cc4c(cc32)C(c2ccccc2)(c2ccccc2)C(c2ccccc2)=N4)cc1. The first kappa shape index (κ1) is 23.7. The molecule has 0 spiro atoms. The summed E-state index contributed by atoms with van der Waals surface area (Å²) in [5, 5.41) is 2.45. The smallest absolute Gasteiger partial charge is 0.0901 e. The molecule has 41 heavy (non-hydrogen) atoms. The third kappa shape index (κ3) is 3.47. The first-order chi connectivity index (χ1) is 20.2. The third-order valence-electron chi connectivity index (χ3n) is 8.53. The number of aryl methyl sites for hydroxylation is 1. The largest absolute Gasteiger partial charge is 0.309 e. The molecule has 194 valence electrons. The first-order valence-electron chi connectivity index (χ1n) is 14.2. The molecule has 1 aromatic heterocycles. The molecule has 2 heteroatoms. The van der Waals surface area contributed by atoms with Gasteiger partial charge in [-0.25, -0.2) is 0 Å². The second-order valence-electron chi connectivity index (χ2n) is 10.9. The van der Waals surface area contributed by atoms with Gasteiger partial charge in [0.1, 0.15) is 0 Å². The third-order valence-corrected chi connectivity index (χ3v) is 8.53. The molecule has 8 rings (SSSR count).